The van der Waals surface area contributed by atoms with Crippen molar-refractivity contribution in [1.29, 1.82) is 0 Å². The molecule has 0 aliphatic rings. The molecule has 6 unspecified atom stereocenters. The molecule has 0 rings (SSSR count). The van der Waals surface area contributed by atoms with Gasteiger partial charge in [-0.3, -0.25) is 19.2 Å². The second-order valence-electron chi connectivity index (χ2n) is 7.60. The van der Waals surface area contributed by atoms with E-state index in [2.05, 4.69) is 28.6 Å². The quantitative estimate of drug-likeness (QED) is 0.157. The van der Waals surface area contributed by atoms with Crippen molar-refractivity contribution in [3.63, 3.8) is 0 Å². The number of carboxylic acid groups (broad SMARTS) is 1. The van der Waals surface area contributed by atoms with Gasteiger partial charge in [-0.1, -0.05) is 40.5 Å². The third-order valence-corrected chi connectivity index (χ3v) is 5.56. The van der Waals surface area contributed by atoms with Crippen LogP contribution in [0.1, 0.15) is 47.0 Å². The van der Waals surface area contributed by atoms with E-state index in [1.54, 1.807) is 20.8 Å². The zero-order chi connectivity index (χ0) is 24.3. The fourth-order valence-electron chi connectivity index (χ4n) is 2.59. The molecule has 0 saturated carbocycles. The minimum absolute atomic E-state index is 0.0969. The van der Waals surface area contributed by atoms with Crippen molar-refractivity contribution in [3.8, 4) is 0 Å². The van der Waals surface area contributed by atoms with Gasteiger partial charge < -0.3 is 32.5 Å². The highest BCUT2D eigenvalue weighted by atomic mass is 32.1. The van der Waals surface area contributed by atoms with E-state index in [1.165, 1.54) is 0 Å². The number of primary amides is 1. The molecule has 0 fully saturated rings. The number of hydrogen-bond acceptors (Lipinski definition) is 7. The first-order valence-electron chi connectivity index (χ1n) is 10.2. The molecule has 6 atom stereocenters. The third kappa shape index (κ3) is 9.55. The number of nitrogens with two attached hydrogens (primary N) is 2. The van der Waals surface area contributed by atoms with E-state index in [0.29, 0.717) is 12.8 Å². The van der Waals surface area contributed by atoms with E-state index in [0.717, 1.165) is 0 Å². The summed E-state index contributed by atoms with van der Waals surface area (Å²) in [4.78, 5) is 60.3. The predicted molar refractivity (Wildman–Crippen MR) is 118 cm³/mol. The standard InChI is InChI=1S/C19H35N5O6S/c1-5-9(3)14(21)18(28)23-12(8-31)17(27)22-11(7-13(20)25)16(26)24-15(19(29)30)10(4)6-2/h9-12,14-15,31H,5-8,21H2,1-4H3,(H2,20,25)(H,22,27)(H,23,28)(H,24,26)(H,29,30). The summed E-state index contributed by atoms with van der Waals surface area (Å²) < 4.78 is 0. The molecule has 0 spiro atoms. The lowest BCUT2D eigenvalue weighted by atomic mass is 9.98. The van der Waals surface area contributed by atoms with E-state index in [4.69, 9.17) is 11.5 Å². The van der Waals surface area contributed by atoms with Gasteiger partial charge in [-0.2, -0.15) is 12.6 Å². The lowest BCUT2D eigenvalue weighted by Crippen LogP contribution is -2.59. The van der Waals surface area contributed by atoms with Crippen LogP contribution >= 0.6 is 12.6 Å². The van der Waals surface area contributed by atoms with Crippen molar-refractivity contribution < 1.29 is 29.1 Å². The number of carboxylic acids is 1. The SMILES string of the molecule is CCC(C)C(N)C(=O)NC(CS)C(=O)NC(CC(N)=O)C(=O)NC(C(=O)O)C(C)CC. The summed E-state index contributed by atoms with van der Waals surface area (Å²) in [6.07, 6.45) is 0.590. The molecule has 0 aliphatic carbocycles. The molecule has 0 aromatic heterocycles. The molecule has 0 bridgehead atoms. The van der Waals surface area contributed by atoms with E-state index in [1.807, 2.05) is 6.92 Å². The topological polar surface area (TPSA) is 194 Å². The average Bonchev–Trinajstić information content (AvgIpc) is 2.72. The monoisotopic (exact) mass is 461 g/mol. The number of carbonyl (C=O) groups is 5. The Morgan fingerprint density at radius 2 is 1.35 bits per heavy atom. The van der Waals surface area contributed by atoms with Crippen LogP contribution < -0.4 is 27.4 Å². The van der Waals surface area contributed by atoms with Gasteiger partial charge in [0.25, 0.3) is 0 Å². The zero-order valence-corrected chi connectivity index (χ0v) is 19.3. The minimum Gasteiger partial charge on any atom is -0.480 e. The summed E-state index contributed by atoms with van der Waals surface area (Å²) in [7, 11) is 0. The van der Waals surface area contributed by atoms with Gasteiger partial charge in [0, 0.05) is 5.75 Å². The number of thiol groups is 1. The number of carbonyl (C=O) groups excluding carboxylic acids is 4. The molecule has 0 aliphatic heterocycles. The molecule has 31 heavy (non-hydrogen) atoms. The van der Waals surface area contributed by atoms with Crippen LogP contribution in [0.3, 0.4) is 0 Å². The van der Waals surface area contributed by atoms with E-state index >= 15 is 0 Å². The number of amides is 4. The molecule has 0 saturated heterocycles. The highest BCUT2D eigenvalue weighted by Crippen LogP contribution is 2.09. The van der Waals surface area contributed by atoms with Crippen LogP contribution in [-0.4, -0.2) is 64.6 Å². The summed E-state index contributed by atoms with van der Waals surface area (Å²) in [6, 6.07) is -4.59. The average molecular weight is 462 g/mol. The normalized spacial score (nSPS) is 16.7. The van der Waals surface area contributed by atoms with Crippen LogP contribution in [0.4, 0.5) is 0 Å². The molecular weight excluding hydrogens is 426 g/mol. The van der Waals surface area contributed by atoms with Crippen molar-refractivity contribution in [3.05, 3.63) is 0 Å². The van der Waals surface area contributed by atoms with Crippen molar-refractivity contribution in [1.82, 2.24) is 16.0 Å². The summed E-state index contributed by atoms with van der Waals surface area (Å²) in [5.41, 5.74) is 11.0. The summed E-state index contributed by atoms with van der Waals surface area (Å²) in [5.74, 6) is -4.93. The first-order chi connectivity index (χ1) is 14.4. The number of hydrogen-bond donors (Lipinski definition) is 7. The Labute approximate surface area is 187 Å². The van der Waals surface area contributed by atoms with Crippen molar-refractivity contribution in [2.24, 2.45) is 23.3 Å². The highest BCUT2D eigenvalue weighted by molar-refractivity contribution is 7.80. The second kappa shape index (κ2) is 13.9. The van der Waals surface area contributed by atoms with Gasteiger partial charge >= 0.3 is 5.97 Å². The van der Waals surface area contributed by atoms with Gasteiger partial charge in [0.15, 0.2) is 0 Å². The fraction of sp³-hybridized carbons (Fsp3) is 0.737. The van der Waals surface area contributed by atoms with Crippen LogP contribution in [0.15, 0.2) is 0 Å². The molecule has 0 aromatic carbocycles. The fourth-order valence-corrected chi connectivity index (χ4v) is 2.85. The van der Waals surface area contributed by atoms with Crippen LogP contribution in [0.2, 0.25) is 0 Å². The molecule has 0 radical (unpaired) electrons. The molecule has 4 amide bonds. The number of aliphatic carboxylic acids is 1. The number of rotatable bonds is 14. The van der Waals surface area contributed by atoms with Crippen LogP contribution in [0.25, 0.3) is 0 Å². The van der Waals surface area contributed by atoms with Gasteiger partial charge in [0.1, 0.15) is 18.1 Å². The largest absolute Gasteiger partial charge is 0.480 e. The Kier molecular flexibility index (Phi) is 12.8. The van der Waals surface area contributed by atoms with Gasteiger partial charge in [0.2, 0.25) is 23.6 Å². The second-order valence-corrected chi connectivity index (χ2v) is 7.96. The summed E-state index contributed by atoms with van der Waals surface area (Å²) >= 11 is 4.05. The molecule has 11 nitrogen and oxygen atoms in total. The Balaban J connectivity index is 5.37. The molecule has 0 heterocycles. The lowest BCUT2D eigenvalue weighted by molar-refractivity contribution is -0.144. The van der Waals surface area contributed by atoms with Crippen molar-refractivity contribution >= 4 is 42.2 Å². The first kappa shape index (κ1) is 28.7. The zero-order valence-electron chi connectivity index (χ0n) is 18.4. The van der Waals surface area contributed by atoms with Gasteiger partial charge in [0.05, 0.1) is 12.5 Å². The van der Waals surface area contributed by atoms with Gasteiger partial charge in [-0.05, 0) is 11.8 Å². The first-order valence-corrected chi connectivity index (χ1v) is 10.8. The van der Waals surface area contributed by atoms with Gasteiger partial charge in [-0.15, -0.1) is 0 Å². The van der Waals surface area contributed by atoms with Gasteiger partial charge in [-0.25, -0.2) is 4.79 Å². The van der Waals surface area contributed by atoms with E-state index < -0.39 is 66.1 Å². The van der Waals surface area contributed by atoms with Crippen LogP contribution in [0.5, 0.6) is 0 Å². The molecular formula is C19H35N5O6S. The third-order valence-electron chi connectivity index (χ3n) is 5.19. The van der Waals surface area contributed by atoms with Crippen molar-refractivity contribution in [2.45, 2.75) is 71.1 Å². The Morgan fingerprint density at radius 3 is 1.77 bits per heavy atom. The molecule has 12 heteroatoms. The Morgan fingerprint density at radius 1 is 0.871 bits per heavy atom. The number of nitrogens with one attached hydrogen (secondary N) is 3. The predicted octanol–water partition coefficient (Wildman–Crippen LogP) is -1.25. The molecule has 178 valence electrons. The maximum absolute atomic E-state index is 12.6. The molecule has 0 aromatic rings. The van der Waals surface area contributed by atoms with Crippen LogP contribution in [0, 0.1) is 11.8 Å². The van der Waals surface area contributed by atoms with E-state index in [-0.39, 0.29) is 11.7 Å². The summed E-state index contributed by atoms with van der Waals surface area (Å²) in [6.45, 7) is 7.08. The van der Waals surface area contributed by atoms with Crippen molar-refractivity contribution in [2.75, 3.05) is 5.75 Å². The Hall–Kier alpha value is -2.34. The Bertz CT molecular complexity index is 662. The molecule has 8 N–H and O–H groups in total. The minimum atomic E-state index is -1.42. The smallest absolute Gasteiger partial charge is 0.326 e. The highest BCUT2D eigenvalue weighted by Gasteiger charge is 2.32. The van der Waals surface area contributed by atoms with Crippen LogP contribution in [-0.2, 0) is 24.0 Å². The maximum Gasteiger partial charge on any atom is 0.326 e. The lowest BCUT2D eigenvalue weighted by Gasteiger charge is -2.26. The summed E-state index contributed by atoms with van der Waals surface area (Å²) in [5, 5.41) is 16.5. The van der Waals surface area contributed by atoms with E-state index in [9.17, 15) is 29.1 Å². The maximum atomic E-state index is 12.6.